The lowest BCUT2D eigenvalue weighted by Gasteiger charge is -2.19. The highest BCUT2D eigenvalue weighted by Gasteiger charge is 2.30. The lowest BCUT2D eigenvalue weighted by Crippen LogP contribution is -2.34. The molecular weight excluding hydrogens is 238 g/mol. The normalized spacial score (nSPS) is 22.3. The second-order valence-electron chi connectivity index (χ2n) is 5.59. The largest absolute Gasteiger partial charge is 0.377 e. The molecular formula is C15H23N3O. The minimum atomic E-state index is -0.0379. The molecule has 0 saturated heterocycles. The Kier molecular flexibility index (Phi) is 4.10. The quantitative estimate of drug-likeness (QED) is 0.876. The fraction of sp³-hybridized carbons (Fsp3) is 0.533. The first-order chi connectivity index (χ1) is 8.99. The zero-order valence-electron chi connectivity index (χ0n) is 11.9. The highest BCUT2D eigenvalue weighted by Crippen LogP contribution is 2.27. The van der Waals surface area contributed by atoms with Crippen LogP contribution in [0.4, 0.5) is 11.4 Å². The van der Waals surface area contributed by atoms with Crippen molar-refractivity contribution >= 4 is 17.3 Å². The standard InChI is InChI=1S/C15H23N3O/c1-10-7-8-11(9-14(10)18(2)3)17-15(19)12-5-4-6-13(12)16/h7-9,12-13H,4-6,16H2,1-3H3,(H,17,19). The van der Waals surface area contributed by atoms with Crippen molar-refractivity contribution in [3.63, 3.8) is 0 Å². The van der Waals surface area contributed by atoms with E-state index in [4.69, 9.17) is 5.73 Å². The van der Waals surface area contributed by atoms with E-state index in [1.54, 1.807) is 0 Å². The van der Waals surface area contributed by atoms with E-state index in [2.05, 4.69) is 12.2 Å². The molecule has 2 unspecified atom stereocenters. The molecule has 19 heavy (non-hydrogen) atoms. The highest BCUT2D eigenvalue weighted by atomic mass is 16.1. The molecule has 1 aromatic carbocycles. The van der Waals surface area contributed by atoms with E-state index in [0.29, 0.717) is 0 Å². The van der Waals surface area contributed by atoms with Crippen molar-refractivity contribution in [2.75, 3.05) is 24.3 Å². The van der Waals surface area contributed by atoms with E-state index < -0.39 is 0 Å². The summed E-state index contributed by atoms with van der Waals surface area (Å²) in [5.74, 6) is 0.0164. The molecule has 4 nitrogen and oxygen atoms in total. The van der Waals surface area contributed by atoms with Gasteiger partial charge in [0.2, 0.25) is 5.91 Å². The van der Waals surface area contributed by atoms with Crippen LogP contribution in [-0.4, -0.2) is 26.0 Å². The van der Waals surface area contributed by atoms with Crippen molar-refractivity contribution in [3.05, 3.63) is 23.8 Å². The first-order valence-corrected chi connectivity index (χ1v) is 6.83. The molecule has 104 valence electrons. The van der Waals surface area contributed by atoms with Crippen LogP contribution < -0.4 is 16.0 Å². The molecule has 2 rings (SSSR count). The molecule has 1 fully saturated rings. The summed E-state index contributed by atoms with van der Waals surface area (Å²) in [6, 6.07) is 5.99. The molecule has 1 aliphatic carbocycles. The van der Waals surface area contributed by atoms with Gasteiger partial charge in [-0.25, -0.2) is 0 Å². The van der Waals surface area contributed by atoms with Gasteiger partial charge in [-0.3, -0.25) is 4.79 Å². The van der Waals surface area contributed by atoms with Gasteiger partial charge in [0.25, 0.3) is 0 Å². The van der Waals surface area contributed by atoms with Crippen molar-refractivity contribution in [1.29, 1.82) is 0 Å². The van der Waals surface area contributed by atoms with Crippen LogP contribution in [-0.2, 0) is 4.79 Å². The molecule has 0 heterocycles. The number of nitrogens with zero attached hydrogens (tertiary/aromatic N) is 1. The number of amides is 1. The number of hydrogen-bond donors (Lipinski definition) is 2. The summed E-state index contributed by atoms with van der Waals surface area (Å²) in [5.41, 5.74) is 9.13. The Labute approximate surface area is 115 Å². The summed E-state index contributed by atoms with van der Waals surface area (Å²) in [6.07, 6.45) is 2.91. The van der Waals surface area contributed by atoms with Crippen LogP contribution in [0.5, 0.6) is 0 Å². The number of hydrogen-bond acceptors (Lipinski definition) is 3. The molecule has 0 radical (unpaired) electrons. The molecule has 0 aromatic heterocycles. The molecule has 0 bridgehead atoms. The summed E-state index contributed by atoms with van der Waals surface area (Å²) in [4.78, 5) is 14.2. The number of aryl methyl sites for hydroxylation is 1. The molecule has 1 aromatic rings. The van der Waals surface area contributed by atoms with Crippen LogP contribution in [0.25, 0.3) is 0 Å². The maximum atomic E-state index is 12.2. The van der Waals surface area contributed by atoms with E-state index in [9.17, 15) is 4.79 Å². The summed E-state index contributed by atoms with van der Waals surface area (Å²) in [5, 5.41) is 2.99. The number of anilines is 2. The van der Waals surface area contributed by atoms with Crippen LogP contribution >= 0.6 is 0 Å². The van der Waals surface area contributed by atoms with Gasteiger partial charge in [-0.2, -0.15) is 0 Å². The number of benzene rings is 1. The SMILES string of the molecule is Cc1ccc(NC(=O)C2CCCC2N)cc1N(C)C. The maximum absolute atomic E-state index is 12.2. The summed E-state index contributed by atoms with van der Waals surface area (Å²) in [6.45, 7) is 2.06. The lowest BCUT2D eigenvalue weighted by atomic mass is 10.0. The summed E-state index contributed by atoms with van der Waals surface area (Å²) >= 11 is 0. The zero-order chi connectivity index (χ0) is 14.0. The van der Waals surface area contributed by atoms with E-state index in [1.165, 1.54) is 5.56 Å². The number of nitrogens with one attached hydrogen (secondary N) is 1. The van der Waals surface area contributed by atoms with Crippen LogP contribution in [0.3, 0.4) is 0 Å². The predicted octanol–water partition coefficient (Wildman–Crippen LogP) is 2.13. The minimum absolute atomic E-state index is 0.0127. The van der Waals surface area contributed by atoms with Crippen molar-refractivity contribution in [1.82, 2.24) is 0 Å². The number of rotatable bonds is 3. The fourth-order valence-electron chi connectivity index (χ4n) is 2.72. The molecule has 1 aliphatic rings. The van der Waals surface area contributed by atoms with Gasteiger partial charge >= 0.3 is 0 Å². The average Bonchev–Trinajstić information content (AvgIpc) is 2.77. The van der Waals surface area contributed by atoms with E-state index in [1.807, 2.05) is 37.2 Å². The first kappa shape index (κ1) is 13.9. The number of carbonyl (C=O) groups is 1. The number of carbonyl (C=O) groups excluding carboxylic acids is 1. The molecule has 0 spiro atoms. The van der Waals surface area contributed by atoms with Gasteiger partial charge in [-0.05, 0) is 37.5 Å². The molecule has 1 saturated carbocycles. The maximum Gasteiger partial charge on any atom is 0.229 e. The summed E-state index contributed by atoms with van der Waals surface area (Å²) in [7, 11) is 4.00. The minimum Gasteiger partial charge on any atom is -0.377 e. The highest BCUT2D eigenvalue weighted by molar-refractivity contribution is 5.93. The van der Waals surface area contributed by atoms with Crippen molar-refractivity contribution in [2.24, 2.45) is 11.7 Å². The third kappa shape index (κ3) is 3.07. The predicted molar refractivity (Wildman–Crippen MR) is 79.5 cm³/mol. The van der Waals surface area contributed by atoms with E-state index in [0.717, 1.165) is 30.6 Å². The second kappa shape index (κ2) is 5.61. The Balaban J connectivity index is 2.11. The Morgan fingerprint density at radius 2 is 2.11 bits per heavy atom. The lowest BCUT2D eigenvalue weighted by molar-refractivity contribution is -0.120. The third-order valence-electron chi connectivity index (χ3n) is 3.86. The van der Waals surface area contributed by atoms with Gasteiger partial charge in [0, 0.05) is 31.5 Å². The van der Waals surface area contributed by atoms with Gasteiger partial charge in [0.15, 0.2) is 0 Å². The summed E-state index contributed by atoms with van der Waals surface area (Å²) < 4.78 is 0. The topological polar surface area (TPSA) is 58.4 Å². The molecule has 0 aliphatic heterocycles. The fourth-order valence-corrected chi connectivity index (χ4v) is 2.72. The van der Waals surface area contributed by atoms with Crippen LogP contribution in [0.15, 0.2) is 18.2 Å². The average molecular weight is 261 g/mol. The smallest absolute Gasteiger partial charge is 0.229 e. The van der Waals surface area contributed by atoms with Crippen LogP contribution in [0.2, 0.25) is 0 Å². The Morgan fingerprint density at radius 3 is 2.68 bits per heavy atom. The van der Waals surface area contributed by atoms with Crippen LogP contribution in [0.1, 0.15) is 24.8 Å². The van der Waals surface area contributed by atoms with Gasteiger partial charge in [-0.1, -0.05) is 12.5 Å². The van der Waals surface area contributed by atoms with Gasteiger partial charge in [0.1, 0.15) is 0 Å². The molecule has 4 heteroatoms. The van der Waals surface area contributed by atoms with Crippen molar-refractivity contribution in [2.45, 2.75) is 32.2 Å². The Morgan fingerprint density at radius 1 is 1.37 bits per heavy atom. The number of nitrogens with two attached hydrogens (primary N) is 1. The van der Waals surface area contributed by atoms with E-state index >= 15 is 0 Å². The van der Waals surface area contributed by atoms with Gasteiger partial charge in [-0.15, -0.1) is 0 Å². The van der Waals surface area contributed by atoms with Gasteiger partial charge in [0.05, 0.1) is 5.92 Å². The molecule has 3 N–H and O–H groups in total. The monoisotopic (exact) mass is 261 g/mol. The zero-order valence-corrected chi connectivity index (χ0v) is 11.9. The van der Waals surface area contributed by atoms with Crippen LogP contribution in [0, 0.1) is 12.8 Å². The first-order valence-electron chi connectivity index (χ1n) is 6.83. The second-order valence-corrected chi connectivity index (χ2v) is 5.59. The molecule has 2 atom stereocenters. The molecule has 1 amide bonds. The third-order valence-corrected chi connectivity index (χ3v) is 3.86. The van der Waals surface area contributed by atoms with E-state index in [-0.39, 0.29) is 17.9 Å². The van der Waals surface area contributed by atoms with Crippen molar-refractivity contribution in [3.8, 4) is 0 Å². The Bertz CT molecular complexity index is 470. The van der Waals surface area contributed by atoms with Gasteiger partial charge < -0.3 is 16.0 Å². The Hall–Kier alpha value is -1.55. The van der Waals surface area contributed by atoms with Crippen molar-refractivity contribution < 1.29 is 4.79 Å².